The smallest absolute Gasteiger partial charge is 0.324 e. The molecule has 2 rings (SSSR count). The van der Waals surface area contributed by atoms with Crippen molar-refractivity contribution in [3.8, 4) is 5.75 Å². The molecule has 1 fully saturated rings. The summed E-state index contributed by atoms with van der Waals surface area (Å²) in [7, 11) is -2.44. The number of carboxylic acid groups (broad SMARTS) is 1. The van der Waals surface area contributed by atoms with Gasteiger partial charge in [0.2, 0.25) is 10.0 Å². The second kappa shape index (κ2) is 6.46. The van der Waals surface area contributed by atoms with Crippen molar-refractivity contribution in [3.63, 3.8) is 0 Å². The zero-order chi connectivity index (χ0) is 17.4. The lowest BCUT2D eigenvalue weighted by molar-refractivity contribution is -0.150. The Morgan fingerprint density at radius 1 is 1.35 bits per heavy atom. The topological polar surface area (TPSA) is 93.1 Å². The Kier molecular flexibility index (Phi) is 4.98. The van der Waals surface area contributed by atoms with Crippen LogP contribution >= 0.6 is 0 Å². The summed E-state index contributed by atoms with van der Waals surface area (Å²) in [5.41, 5.74) is 1.26. The molecule has 1 N–H and O–H groups in total. The summed E-state index contributed by atoms with van der Waals surface area (Å²) in [4.78, 5) is 11.6. The van der Waals surface area contributed by atoms with E-state index in [-0.39, 0.29) is 18.0 Å². The Morgan fingerprint density at radius 2 is 2.00 bits per heavy atom. The fraction of sp³-hybridized carbons (Fsp3) is 0.533. The zero-order valence-corrected chi connectivity index (χ0v) is 14.4. The van der Waals surface area contributed by atoms with Crippen LogP contribution < -0.4 is 4.74 Å². The number of benzene rings is 1. The van der Waals surface area contributed by atoms with Crippen molar-refractivity contribution in [1.29, 1.82) is 0 Å². The number of carboxylic acids is 1. The van der Waals surface area contributed by atoms with Crippen molar-refractivity contribution >= 4 is 16.0 Å². The summed E-state index contributed by atoms with van der Waals surface area (Å²) in [6.07, 6.45) is -0.712. The number of rotatable bonds is 4. The highest BCUT2D eigenvalue weighted by atomic mass is 32.2. The first-order chi connectivity index (χ1) is 10.7. The molecule has 2 atom stereocenters. The number of morpholine rings is 1. The molecule has 128 valence electrons. The SMILES string of the molecule is COc1ccc(S(=O)(=O)N2CCO[C@@H](C)[C@@H]2C(=O)O)c(C)c1C. The van der Waals surface area contributed by atoms with E-state index in [1.807, 2.05) is 0 Å². The number of carbonyl (C=O) groups is 1. The van der Waals surface area contributed by atoms with Crippen LogP contribution in [0.25, 0.3) is 0 Å². The van der Waals surface area contributed by atoms with E-state index >= 15 is 0 Å². The highest BCUT2D eigenvalue weighted by Crippen LogP contribution is 2.31. The Morgan fingerprint density at radius 3 is 2.57 bits per heavy atom. The fourth-order valence-corrected chi connectivity index (χ4v) is 4.69. The molecule has 0 radical (unpaired) electrons. The summed E-state index contributed by atoms with van der Waals surface area (Å²) >= 11 is 0. The van der Waals surface area contributed by atoms with E-state index in [0.717, 1.165) is 4.31 Å². The summed E-state index contributed by atoms with van der Waals surface area (Å²) in [5, 5.41) is 9.39. The summed E-state index contributed by atoms with van der Waals surface area (Å²) in [5.74, 6) is -0.629. The lowest BCUT2D eigenvalue weighted by Crippen LogP contribution is -2.56. The van der Waals surface area contributed by atoms with Crippen LogP contribution in [0.15, 0.2) is 17.0 Å². The van der Waals surface area contributed by atoms with Gasteiger partial charge in [0.1, 0.15) is 11.8 Å². The molecule has 0 aromatic heterocycles. The molecule has 1 aliphatic rings. The summed E-state index contributed by atoms with van der Waals surface area (Å²) in [6.45, 7) is 5.19. The van der Waals surface area contributed by atoms with Gasteiger partial charge in [0.25, 0.3) is 0 Å². The van der Waals surface area contributed by atoms with Crippen molar-refractivity contribution in [3.05, 3.63) is 23.3 Å². The predicted octanol–water partition coefficient (Wildman–Crippen LogP) is 1.17. The van der Waals surface area contributed by atoms with Crippen LogP contribution in [0.4, 0.5) is 0 Å². The third-order valence-electron chi connectivity index (χ3n) is 4.19. The molecule has 1 aromatic rings. The summed E-state index contributed by atoms with van der Waals surface area (Å²) in [6, 6.07) is 1.79. The van der Waals surface area contributed by atoms with Gasteiger partial charge in [-0.2, -0.15) is 4.31 Å². The average Bonchev–Trinajstić information content (AvgIpc) is 2.49. The monoisotopic (exact) mass is 343 g/mol. The normalized spacial score (nSPS) is 22.8. The maximum Gasteiger partial charge on any atom is 0.324 e. The van der Waals surface area contributed by atoms with Crippen LogP contribution in [-0.4, -0.2) is 56.2 Å². The van der Waals surface area contributed by atoms with Crippen LogP contribution in [0.5, 0.6) is 5.75 Å². The highest BCUT2D eigenvalue weighted by molar-refractivity contribution is 7.89. The molecule has 0 amide bonds. The minimum absolute atomic E-state index is 0.00809. The number of hydrogen-bond donors (Lipinski definition) is 1. The second-order valence-corrected chi connectivity index (χ2v) is 7.35. The van der Waals surface area contributed by atoms with Gasteiger partial charge >= 0.3 is 5.97 Å². The van der Waals surface area contributed by atoms with E-state index in [1.165, 1.54) is 13.2 Å². The first-order valence-corrected chi connectivity index (χ1v) is 8.66. The quantitative estimate of drug-likeness (QED) is 0.882. The molecule has 0 bridgehead atoms. The number of hydrogen-bond acceptors (Lipinski definition) is 5. The molecule has 0 aliphatic carbocycles. The van der Waals surface area contributed by atoms with Gasteiger partial charge in [-0.25, -0.2) is 8.42 Å². The largest absolute Gasteiger partial charge is 0.496 e. The summed E-state index contributed by atoms with van der Waals surface area (Å²) < 4.78 is 37.5. The van der Waals surface area contributed by atoms with Crippen molar-refractivity contribution < 1.29 is 27.8 Å². The van der Waals surface area contributed by atoms with Crippen molar-refractivity contribution in [1.82, 2.24) is 4.31 Å². The number of methoxy groups -OCH3 is 1. The van der Waals surface area contributed by atoms with Gasteiger partial charge < -0.3 is 14.6 Å². The first-order valence-electron chi connectivity index (χ1n) is 7.22. The lowest BCUT2D eigenvalue weighted by Gasteiger charge is -2.36. The van der Waals surface area contributed by atoms with E-state index in [1.54, 1.807) is 26.8 Å². The van der Waals surface area contributed by atoms with Crippen LogP contribution in [0, 0.1) is 13.8 Å². The van der Waals surface area contributed by atoms with Gasteiger partial charge in [0.15, 0.2) is 0 Å². The third kappa shape index (κ3) is 3.06. The van der Waals surface area contributed by atoms with Crippen molar-refractivity contribution in [2.24, 2.45) is 0 Å². The molecule has 0 spiro atoms. The zero-order valence-electron chi connectivity index (χ0n) is 13.6. The van der Waals surface area contributed by atoms with Gasteiger partial charge in [0.05, 0.1) is 24.7 Å². The minimum atomic E-state index is -3.95. The Bertz CT molecular complexity index is 715. The molecular weight excluding hydrogens is 322 g/mol. The van der Waals surface area contributed by atoms with Gasteiger partial charge in [-0.1, -0.05) is 0 Å². The van der Waals surface area contributed by atoms with Gasteiger partial charge in [-0.05, 0) is 44.0 Å². The first kappa shape index (κ1) is 17.7. The van der Waals surface area contributed by atoms with E-state index in [4.69, 9.17) is 9.47 Å². The van der Waals surface area contributed by atoms with Crippen LogP contribution in [0.1, 0.15) is 18.1 Å². The van der Waals surface area contributed by atoms with Gasteiger partial charge in [0, 0.05) is 6.54 Å². The Labute approximate surface area is 135 Å². The van der Waals surface area contributed by atoms with Gasteiger partial charge in [-0.15, -0.1) is 0 Å². The Hall–Kier alpha value is -1.64. The number of nitrogens with zero attached hydrogens (tertiary/aromatic N) is 1. The molecule has 1 saturated heterocycles. The van der Waals surface area contributed by atoms with Crippen LogP contribution in [0.2, 0.25) is 0 Å². The highest BCUT2D eigenvalue weighted by Gasteiger charge is 2.43. The van der Waals surface area contributed by atoms with Crippen LogP contribution in [-0.2, 0) is 19.6 Å². The maximum atomic E-state index is 13.0. The molecule has 1 aliphatic heterocycles. The van der Waals surface area contributed by atoms with E-state index in [0.29, 0.717) is 16.9 Å². The molecule has 1 heterocycles. The van der Waals surface area contributed by atoms with Gasteiger partial charge in [-0.3, -0.25) is 4.79 Å². The molecule has 0 saturated carbocycles. The van der Waals surface area contributed by atoms with E-state index < -0.39 is 28.1 Å². The van der Waals surface area contributed by atoms with Crippen molar-refractivity contribution in [2.45, 2.75) is 37.8 Å². The molecule has 1 aromatic carbocycles. The molecule has 8 heteroatoms. The molecular formula is C15H21NO6S. The second-order valence-electron chi connectivity index (χ2n) is 5.49. The third-order valence-corrected chi connectivity index (χ3v) is 6.22. The number of sulfonamides is 1. The average molecular weight is 343 g/mol. The van der Waals surface area contributed by atoms with Crippen LogP contribution in [0.3, 0.4) is 0 Å². The minimum Gasteiger partial charge on any atom is -0.496 e. The fourth-order valence-electron chi connectivity index (χ4n) is 2.78. The molecule has 23 heavy (non-hydrogen) atoms. The van der Waals surface area contributed by atoms with E-state index in [9.17, 15) is 18.3 Å². The standard InChI is InChI=1S/C15H21NO6S/c1-9-10(2)13(6-5-12(9)21-4)23(19,20)16-7-8-22-11(3)14(16)15(17)18/h5-6,11,14H,7-8H2,1-4H3,(H,17,18)/t11-,14+/m0/s1. The molecule has 0 unspecified atom stereocenters. The number of aliphatic carboxylic acids is 1. The molecule has 7 nitrogen and oxygen atoms in total. The maximum absolute atomic E-state index is 13.0. The predicted molar refractivity (Wildman–Crippen MR) is 83.2 cm³/mol. The Balaban J connectivity index is 2.53. The van der Waals surface area contributed by atoms with Crippen molar-refractivity contribution in [2.75, 3.05) is 20.3 Å². The number of ether oxygens (including phenoxy) is 2. The van der Waals surface area contributed by atoms with E-state index in [2.05, 4.69) is 0 Å². The lowest BCUT2D eigenvalue weighted by atomic mass is 10.1.